The molecule has 5 heteroatoms. The summed E-state index contributed by atoms with van der Waals surface area (Å²) in [6.45, 7) is 0. The molecule has 100 valence electrons. The summed E-state index contributed by atoms with van der Waals surface area (Å²) in [5, 5.41) is 7.00. The summed E-state index contributed by atoms with van der Waals surface area (Å²) < 4.78 is 0. The molecular formula is C13H21ClN4. The van der Waals surface area contributed by atoms with Crippen LogP contribution >= 0.6 is 11.6 Å². The molecule has 2 N–H and O–H groups in total. The Morgan fingerprint density at radius 1 is 1.17 bits per heavy atom. The highest BCUT2D eigenvalue weighted by Gasteiger charge is 2.14. The first kappa shape index (κ1) is 13.4. The number of hydrogen-bond acceptors (Lipinski definition) is 4. The fourth-order valence-corrected chi connectivity index (χ4v) is 2.53. The van der Waals surface area contributed by atoms with Gasteiger partial charge < -0.3 is 10.6 Å². The lowest BCUT2D eigenvalue weighted by atomic mass is 9.97. The Bertz CT molecular complexity index is 375. The molecular weight excluding hydrogens is 248 g/mol. The van der Waals surface area contributed by atoms with Crippen molar-refractivity contribution in [2.45, 2.75) is 51.0 Å². The SMILES string of the molecule is CNc1ncc(Cl)c(NC2CCCCCCC2)n1. The number of rotatable bonds is 3. The molecule has 2 rings (SSSR count). The van der Waals surface area contributed by atoms with Gasteiger partial charge in [0, 0.05) is 13.1 Å². The number of hydrogen-bond donors (Lipinski definition) is 2. The third-order valence-electron chi connectivity index (χ3n) is 3.41. The van der Waals surface area contributed by atoms with Gasteiger partial charge in [-0.15, -0.1) is 0 Å². The molecule has 4 nitrogen and oxygen atoms in total. The zero-order valence-corrected chi connectivity index (χ0v) is 11.6. The molecule has 1 saturated carbocycles. The quantitative estimate of drug-likeness (QED) is 0.878. The Hall–Kier alpha value is -1.03. The molecule has 0 aromatic carbocycles. The van der Waals surface area contributed by atoms with E-state index in [1.807, 2.05) is 7.05 Å². The maximum atomic E-state index is 6.13. The third-order valence-corrected chi connectivity index (χ3v) is 3.69. The lowest BCUT2D eigenvalue weighted by molar-refractivity contribution is 0.471. The van der Waals surface area contributed by atoms with E-state index in [4.69, 9.17) is 11.6 Å². The van der Waals surface area contributed by atoms with E-state index in [0.717, 1.165) is 5.82 Å². The lowest BCUT2D eigenvalue weighted by Crippen LogP contribution is -2.21. The van der Waals surface area contributed by atoms with Crippen LogP contribution in [0.3, 0.4) is 0 Å². The summed E-state index contributed by atoms with van der Waals surface area (Å²) >= 11 is 6.13. The molecule has 0 saturated heterocycles. The lowest BCUT2D eigenvalue weighted by Gasteiger charge is -2.22. The molecule has 1 heterocycles. The Labute approximate surface area is 114 Å². The zero-order chi connectivity index (χ0) is 12.8. The summed E-state index contributed by atoms with van der Waals surface area (Å²) in [6.07, 6.45) is 10.7. The molecule has 1 aliphatic rings. The molecule has 18 heavy (non-hydrogen) atoms. The largest absolute Gasteiger partial charge is 0.366 e. The van der Waals surface area contributed by atoms with Crippen LogP contribution < -0.4 is 10.6 Å². The summed E-state index contributed by atoms with van der Waals surface area (Å²) in [5.74, 6) is 1.36. The molecule has 1 aromatic heterocycles. The van der Waals surface area contributed by atoms with Crippen LogP contribution in [0, 0.1) is 0 Å². The van der Waals surface area contributed by atoms with Gasteiger partial charge in [0.25, 0.3) is 0 Å². The maximum absolute atomic E-state index is 6.13. The molecule has 0 radical (unpaired) electrons. The van der Waals surface area contributed by atoms with Crippen LogP contribution in [-0.2, 0) is 0 Å². The van der Waals surface area contributed by atoms with Gasteiger partial charge in [-0.2, -0.15) is 4.98 Å². The number of anilines is 2. The van der Waals surface area contributed by atoms with Gasteiger partial charge in [-0.25, -0.2) is 4.98 Å². The first-order valence-electron chi connectivity index (χ1n) is 6.76. The minimum Gasteiger partial charge on any atom is -0.366 e. The molecule has 0 bridgehead atoms. The molecule has 0 unspecified atom stereocenters. The number of nitrogens with one attached hydrogen (secondary N) is 2. The van der Waals surface area contributed by atoms with Crippen molar-refractivity contribution in [2.75, 3.05) is 17.7 Å². The minimum atomic E-state index is 0.488. The standard InChI is InChI=1S/C13H21ClN4/c1-15-13-16-9-11(14)12(18-13)17-10-7-5-3-2-4-6-8-10/h9-10H,2-8H2,1H3,(H2,15,16,17,18). The Morgan fingerprint density at radius 3 is 2.50 bits per heavy atom. The van der Waals surface area contributed by atoms with E-state index in [1.165, 1.54) is 44.9 Å². The fourth-order valence-electron chi connectivity index (χ4n) is 2.38. The Kier molecular flexibility index (Phi) is 5.05. The van der Waals surface area contributed by atoms with E-state index in [1.54, 1.807) is 6.20 Å². The van der Waals surface area contributed by atoms with Gasteiger partial charge in [-0.1, -0.05) is 43.7 Å². The average molecular weight is 269 g/mol. The van der Waals surface area contributed by atoms with Gasteiger partial charge in [0.2, 0.25) is 5.95 Å². The maximum Gasteiger partial charge on any atom is 0.224 e. The second-order valence-electron chi connectivity index (χ2n) is 4.83. The minimum absolute atomic E-state index is 0.488. The monoisotopic (exact) mass is 268 g/mol. The molecule has 1 aromatic rings. The fraction of sp³-hybridized carbons (Fsp3) is 0.692. The van der Waals surface area contributed by atoms with Gasteiger partial charge in [-0.05, 0) is 12.8 Å². The van der Waals surface area contributed by atoms with Crippen molar-refractivity contribution in [1.82, 2.24) is 9.97 Å². The second-order valence-corrected chi connectivity index (χ2v) is 5.23. The predicted molar refractivity (Wildman–Crippen MR) is 76.3 cm³/mol. The first-order chi connectivity index (χ1) is 8.79. The van der Waals surface area contributed by atoms with E-state index < -0.39 is 0 Å². The van der Waals surface area contributed by atoms with Crippen molar-refractivity contribution in [2.24, 2.45) is 0 Å². The zero-order valence-electron chi connectivity index (χ0n) is 10.9. The first-order valence-corrected chi connectivity index (χ1v) is 7.14. The highest BCUT2D eigenvalue weighted by molar-refractivity contribution is 6.32. The molecule has 0 aliphatic heterocycles. The van der Waals surface area contributed by atoms with Gasteiger partial charge in [0.15, 0.2) is 5.82 Å². The van der Waals surface area contributed by atoms with Crippen LogP contribution in [0.25, 0.3) is 0 Å². The Morgan fingerprint density at radius 2 is 1.83 bits per heavy atom. The van der Waals surface area contributed by atoms with Crippen molar-refractivity contribution in [3.8, 4) is 0 Å². The summed E-state index contributed by atoms with van der Waals surface area (Å²) in [5.41, 5.74) is 0. The van der Waals surface area contributed by atoms with Crippen LogP contribution in [0.15, 0.2) is 6.20 Å². The molecule has 1 fully saturated rings. The van der Waals surface area contributed by atoms with Crippen LogP contribution in [-0.4, -0.2) is 23.1 Å². The van der Waals surface area contributed by atoms with Crippen LogP contribution in [0.4, 0.5) is 11.8 Å². The summed E-state index contributed by atoms with van der Waals surface area (Å²) in [6, 6.07) is 0.488. The summed E-state index contributed by atoms with van der Waals surface area (Å²) in [7, 11) is 1.81. The number of nitrogens with zero attached hydrogens (tertiary/aromatic N) is 2. The van der Waals surface area contributed by atoms with Gasteiger partial charge in [-0.3, -0.25) is 0 Å². The Balaban J connectivity index is 2.02. The van der Waals surface area contributed by atoms with Crippen LogP contribution in [0.1, 0.15) is 44.9 Å². The number of aromatic nitrogens is 2. The van der Waals surface area contributed by atoms with Crippen molar-refractivity contribution in [3.63, 3.8) is 0 Å². The van der Waals surface area contributed by atoms with Gasteiger partial charge >= 0.3 is 0 Å². The highest BCUT2D eigenvalue weighted by Crippen LogP contribution is 2.24. The van der Waals surface area contributed by atoms with E-state index in [0.29, 0.717) is 17.0 Å². The number of halogens is 1. The smallest absolute Gasteiger partial charge is 0.224 e. The molecule has 0 amide bonds. The normalized spacial score (nSPS) is 17.9. The molecule has 1 aliphatic carbocycles. The summed E-state index contributed by atoms with van der Waals surface area (Å²) in [4.78, 5) is 8.46. The van der Waals surface area contributed by atoms with Crippen molar-refractivity contribution in [1.29, 1.82) is 0 Å². The van der Waals surface area contributed by atoms with Crippen molar-refractivity contribution in [3.05, 3.63) is 11.2 Å². The van der Waals surface area contributed by atoms with Gasteiger partial charge in [0.1, 0.15) is 5.02 Å². The van der Waals surface area contributed by atoms with Crippen LogP contribution in [0.2, 0.25) is 5.02 Å². The molecule has 0 atom stereocenters. The third kappa shape index (κ3) is 3.73. The van der Waals surface area contributed by atoms with E-state index in [2.05, 4.69) is 20.6 Å². The average Bonchev–Trinajstić information content (AvgIpc) is 2.35. The van der Waals surface area contributed by atoms with Crippen molar-refractivity contribution >= 4 is 23.4 Å². The van der Waals surface area contributed by atoms with Gasteiger partial charge in [0.05, 0.1) is 6.20 Å². The van der Waals surface area contributed by atoms with Crippen molar-refractivity contribution < 1.29 is 0 Å². The van der Waals surface area contributed by atoms with Crippen LogP contribution in [0.5, 0.6) is 0 Å². The topological polar surface area (TPSA) is 49.8 Å². The predicted octanol–water partition coefficient (Wildman–Crippen LogP) is 3.70. The molecule has 0 spiro atoms. The van der Waals surface area contributed by atoms with E-state index >= 15 is 0 Å². The van der Waals surface area contributed by atoms with E-state index in [-0.39, 0.29) is 0 Å². The second kappa shape index (κ2) is 6.78. The highest BCUT2D eigenvalue weighted by atomic mass is 35.5. The van der Waals surface area contributed by atoms with E-state index in [9.17, 15) is 0 Å².